The molecule has 2 aliphatic rings. The van der Waals surface area contributed by atoms with Gasteiger partial charge in [0.2, 0.25) is 0 Å². The van der Waals surface area contributed by atoms with Crippen molar-refractivity contribution in [3.05, 3.63) is 17.8 Å². The highest BCUT2D eigenvalue weighted by Crippen LogP contribution is 2.23. The maximum atomic E-state index is 5.46. The predicted molar refractivity (Wildman–Crippen MR) is 92.8 cm³/mol. The summed E-state index contributed by atoms with van der Waals surface area (Å²) in [5.41, 5.74) is 2.02. The molecule has 4 rings (SSSR count). The molecule has 0 spiro atoms. The van der Waals surface area contributed by atoms with Crippen LogP contribution in [0.5, 0.6) is 0 Å². The number of hydrogen-bond acceptors (Lipinski definition) is 6. The van der Waals surface area contributed by atoms with E-state index in [0.29, 0.717) is 5.92 Å². The third-order valence-electron chi connectivity index (χ3n) is 4.88. The van der Waals surface area contributed by atoms with Gasteiger partial charge in [0.15, 0.2) is 5.65 Å². The predicted octanol–water partition coefficient (Wildman–Crippen LogP) is 1.71. The first-order valence-electron chi connectivity index (χ1n) is 8.81. The fourth-order valence-corrected chi connectivity index (χ4v) is 3.34. The van der Waals surface area contributed by atoms with E-state index in [1.807, 2.05) is 10.7 Å². The van der Waals surface area contributed by atoms with Crippen molar-refractivity contribution in [2.24, 2.45) is 5.92 Å². The molecular formula is C17H25N5O2. The molecule has 0 aromatic carbocycles. The van der Waals surface area contributed by atoms with E-state index < -0.39 is 0 Å². The lowest BCUT2D eigenvalue weighted by Gasteiger charge is -2.28. The molecule has 0 unspecified atom stereocenters. The molecule has 0 saturated carbocycles. The van der Waals surface area contributed by atoms with E-state index in [4.69, 9.17) is 14.5 Å². The molecule has 2 aromatic rings. The van der Waals surface area contributed by atoms with Crippen LogP contribution in [0.25, 0.3) is 5.65 Å². The summed E-state index contributed by atoms with van der Waals surface area (Å²) in [5, 5.41) is 8.09. The number of hydrogen-bond donors (Lipinski definition) is 1. The second-order valence-corrected chi connectivity index (χ2v) is 6.60. The number of rotatable bonds is 4. The summed E-state index contributed by atoms with van der Waals surface area (Å²) in [6.07, 6.45) is 4.12. The van der Waals surface area contributed by atoms with Crippen LogP contribution >= 0.6 is 0 Å². The summed E-state index contributed by atoms with van der Waals surface area (Å²) in [6, 6.07) is 2.12. The molecule has 2 fully saturated rings. The van der Waals surface area contributed by atoms with Crippen LogP contribution in [-0.4, -0.2) is 60.7 Å². The lowest BCUT2D eigenvalue weighted by atomic mass is 10.0. The average molecular weight is 331 g/mol. The highest BCUT2D eigenvalue weighted by atomic mass is 16.5. The lowest BCUT2D eigenvalue weighted by molar-refractivity contribution is 0.0699. The third-order valence-corrected chi connectivity index (χ3v) is 4.88. The Morgan fingerprint density at radius 2 is 1.92 bits per heavy atom. The monoisotopic (exact) mass is 331 g/mol. The first kappa shape index (κ1) is 15.7. The van der Waals surface area contributed by atoms with Crippen LogP contribution in [0.1, 0.15) is 18.4 Å². The minimum absolute atomic E-state index is 0.658. The van der Waals surface area contributed by atoms with Crippen molar-refractivity contribution in [3.8, 4) is 0 Å². The Morgan fingerprint density at radius 1 is 1.17 bits per heavy atom. The van der Waals surface area contributed by atoms with Gasteiger partial charge in [-0.2, -0.15) is 9.61 Å². The molecule has 130 valence electrons. The molecule has 0 radical (unpaired) electrons. The van der Waals surface area contributed by atoms with Gasteiger partial charge in [0, 0.05) is 44.5 Å². The van der Waals surface area contributed by atoms with Crippen molar-refractivity contribution >= 4 is 17.3 Å². The van der Waals surface area contributed by atoms with Gasteiger partial charge in [-0.15, -0.1) is 0 Å². The summed E-state index contributed by atoms with van der Waals surface area (Å²) in [6.45, 7) is 8.04. The Labute approximate surface area is 141 Å². The van der Waals surface area contributed by atoms with Gasteiger partial charge < -0.3 is 19.7 Å². The van der Waals surface area contributed by atoms with Crippen molar-refractivity contribution < 1.29 is 9.47 Å². The Balaban J connectivity index is 1.59. The van der Waals surface area contributed by atoms with Gasteiger partial charge in [0.1, 0.15) is 11.6 Å². The molecule has 0 atom stereocenters. The van der Waals surface area contributed by atoms with Crippen LogP contribution in [0.3, 0.4) is 0 Å². The van der Waals surface area contributed by atoms with Crippen molar-refractivity contribution in [1.82, 2.24) is 14.6 Å². The molecule has 4 heterocycles. The van der Waals surface area contributed by atoms with Crippen molar-refractivity contribution in [2.45, 2.75) is 19.8 Å². The number of fused-ring (bicyclic) bond motifs is 1. The van der Waals surface area contributed by atoms with Gasteiger partial charge in [-0.1, -0.05) is 0 Å². The number of aromatic nitrogens is 3. The maximum absolute atomic E-state index is 5.46. The van der Waals surface area contributed by atoms with Crippen LogP contribution in [0.2, 0.25) is 0 Å². The van der Waals surface area contributed by atoms with Crippen LogP contribution in [-0.2, 0) is 9.47 Å². The molecule has 1 N–H and O–H groups in total. The zero-order valence-electron chi connectivity index (χ0n) is 14.2. The fourth-order valence-electron chi connectivity index (χ4n) is 3.34. The van der Waals surface area contributed by atoms with E-state index in [1.54, 1.807) is 0 Å². The average Bonchev–Trinajstić information content (AvgIpc) is 3.02. The van der Waals surface area contributed by atoms with E-state index in [1.165, 1.54) is 0 Å². The van der Waals surface area contributed by atoms with Gasteiger partial charge in [-0.3, -0.25) is 0 Å². The molecule has 0 bridgehead atoms. The fraction of sp³-hybridized carbons (Fsp3) is 0.647. The normalized spacial score (nSPS) is 19.8. The first-order chi connectivity index (χ1) is 11.8. The number of aryl methyl sites for hydroxylation is 1. The van der Waals surface area contributed by atoms with E-state index >= 15 is 0 Å². The number of anilines is 2. The molecular weight excluding hydrogens is 306 g/mol. The second kappa shape index (κ2) is 6.94. The van der Waals surface area contributed by atoms with Gasteiger partial charge >= 0.3 is 0 Å². The first-order valence-corrected chi connectivity index (χ1v) is 8.81. The van der Waals surface area contributed by atoms with E-state index in [9.17, 15) is 0 Å². The molecule has 2 aliphatic heterocycles. The SMILES string of the molecule is Cc1cnn2c(NCC3CCOCC3)cc(N3CCOCC3)nc12. The largest absolute Gasteiger partial charge is 0.381 e. The Kier molecular flexibility index (Phi) is 4.53. The smallest absolute Gasteiger partial charge is 0.162 e. The van der Waals surface area contributed by atoms with E-state index in [-0.39, 0.29) is 0 Å². The van der Waals surface area contributed by atoms with Gasteiger partial charge in [-0.05, 0) is 25.7 Å². The Bertz CT molecular complexity index is 690. The topological polar surface area (TPSA) is 63.9 Å². The molecule has 0 aliphatic carbocycles. The van der Waals surface area contributed by atoms with Crippen LogP contribution in [0.15, 0.2) is 12.3 Å². The molecule has 0 amide bonds. The molecule has 24 heavy (non-hydrogen) atoms. The molecule has 2 aromatic heterocycles. The highest BCUT2D eigenvalue weighted by molar-refractivity contribution is 5.60. The Morgan fingerprint density at radius 3 is 2.71 bits per heavy atom. The van der Waals surface area contributed by atoms with E-state index in [2.05, 4.69) is 28.3 Å². The summed E-state index contributed by atoms with van der Waals surface area (Å²) in [5.74, 6) is 2.68. The van der Waals surface area contributed by atoms with Crippen molar-refractivity contribution in [1.29, 1.82) is 0 Å². The van der Waals surface area contributed by atoms with Crippen molar-refractivity contribution in [3.63, 3.8) is 0 Å². The minimum Gasteiger partial charge on any atom is -0.381 e. The van der Waals surface area contributed by atoms with Gasteiger partial charge in [0.05, 0.1) is 19.4 Å². The maximum Gasteiger partial charge on any atom is 0.162 e. The molecule has 7 nitrogen and oxygen atoms in total. The zero-order chi connectivity index (χ0) is 16.4. The van der Waals surface area contributed by atoms with Gasteiger partial charge in [0.25, 0.3) is 0 Å². The minimum atomic E-state index is 0.658. The summed E-state index contributed by atoms with van der Waals surface area (Å²) in [4.78, 5) is 7.11. The lowest BCUT2D eigenvalue weighted by Crippen LogP contribution is -2.37. The number of nitrogens with one attached hydrogen (secondary N) is 1. The standard InChI is InChI=1S/C17H25N5O2/c1-13-11-19-22-15(18-12-14-2-6-23-7-3-14)10-16(20-17(13)22)21-4-8-24-9-5-21/h10-11,14,18H,2-9,12H2,1H3. The number of ether oxygens (including phenoxy) is 2. The van der Waals surface area contributed by atoms with Crippen LogP contribution < -0.4 is 10.2 Å². The van der Waals surface area contributed by atoms with E-state index in [0.717, 1.165) is 81.7 Å². The number of morpholine rings is 1. The highest BCUT2D eigenvalue weighted by Gasteiger charge is 2.18. The number of nitrogens with zero attached hydrogens (tertiary/aromatic N) is 4. The van der Waals surface area contributed by atoms with Crippen LogP contribution in [0, 0.1) is 12.8 Å². The van der Waals surface area contributed by atoms with Crippen molar-refractivity contribution in [2.75, 3.05) is 56.3 Å². The second-order valence-electron chi connectivity index (χ2n) is 6.60. The van der Waals surface area contributed by atoms with Crippen LogP contribution in [0.4, 0.5) is 11.6 Å². The quantitative estimate of drug-likeness (QED) is 0.920. The zero-order valence-corrected chi connectivity index (χ0v) is 14.2. The third kappa shape index (κ3) is 3.18. The van der Waals surface area contributed by atoms with Gasteiger partial charge in [-0.25, -0.2) is 4.98 Å². The summed E-state index contributed by atoms with van der Waals surface area (Å²) >= 11 is 0. The summed E-state index contributed by atoms with van der Waals surface area (Å²) in [7, 11) is 0. The molecule has 2 saturated heterocycles. The molecule has 7 heteroatoms. The summed E-state index contributed by atoms with van der Waals surface area (Å²) < 4.78 is 12.8. The Hall–Kier alpha value is -1.86.